The van der Waals surface area contributed by atoms with Gasteiger partial charge in [0, 0.05) is 19.1 Å². The standard InChI is InChI=1S/C15H18N4O2/c1-10-3-5-12(6-4-10)11(2)18-7-13(8-18)19-9-14(15(20)21)16-17-19/h3-6,9,11,13H,7-8H2,1-2H3,(H,20,21). The summed E-state index contributed by atoms with van der Waals surface area (Å²) in [6.45, 7) is 5.98. The lowest BCUT2D eigenvalue weighted by Gasteiger charge is -2.43. The molecule has 1 aliphatic heterocycles. The van der Waals surface area contributed by atoms with Gasteiger partial charge < -0.3 is 5.11 Å². The molecule has 0 radical (unpaired) electrons. The summed E-state index contributed by atoms with van der Waals surface area (Å²) in [5.41, 5.74) is 2.56. The molecule has 6 heteroatoms. The van der Waals surface area contributed by atoms with Gasteiger partial charge >= 0.3 is 5.97 Å². The highest BCUT2D eigenvalue weighted by Gasteiger charge is 2.33. The average molecular weight is 286 g/mol. The molecule has 0 spiro atoms. The molecule has 6 nitrogen and oxygen atoms in total. The van der Waals surface area contributed by atoms with E-state index >= 15 is 0 Å². The number of carboxylic acids is 1. The van der Waals surface area contributed by atoms with Crippen molar-refractivity contribution in [2.24, 2.45) is 0 Å². The number of carboxylic acid groups (broad SMARTS) is 1. The molecule has 0 amide bonds. The summed E-state index contributed by atoms with van der Waals surface area (Å²) in [5, 5.41) is 16.4. The fourth-order valence-corrected chi connectivity index (χ4v) is 2.58. The molecule has 1 unspecified atom stereocenters. The Hall–Kier alpha value is -2.21. The molecule has 1 saturated heterocycles. The van der Waals surface area contributed by atoms with Gasteiger partial charge in [-0.25, -0.2) is 9.48 Å². The fraction of sp³-hybridized carbons (Fsp3) is 0.400. The molecular weight excluding hydrogens is 268 g/mol. The molecular formula is C15H18N4O2. The first-order valence-electron chi connectivity index (χ1n) is 7.00. The SMILES string of the molecule is Cc1ccc(C(C)N2CC(n3cc(C(=O)O)nn3)C2)cc1. The zero-order valence-corrected chi connectivity index (χ0v) is 12.1. The van der Waals surface area contributed by atoms with Crippen LogP contribution in [0, 0.1) is 6.92 Å². The quantitative estimate of drug-likeness (QED) is 0.929. The van der Waals surface area contributed by atoms with E-state index in [4.69, 9.17) is 5.11 Å². The van der Waals surface area contributed by atoms with Crippen molar-refractivity contribution in [2.75, 3.05) is 13.1 Å². The van der Waals surface area contributed by atoms with Crippen molar-refractivity contribution < 1.29 is 9.90 Å². The second-order valence-corrected chi connectivity index (χ2v) is 5.58. The Morgan fingerprint density at radius 1 is 1.33 bits per heavy atom. The van der Waals surface area contributed by atoms with Crippen LogP contribution in [0.5, 0.6) is 0 Å². The van der Waals surface area contributed by atoms with E-state index in [9.17, 15) is 4.79 Å². The number of hydrogen-bond acceptors (Lipinski definition) is 4. The van der Waals surface area contributed by atoms with Gasteiger partial charge in [0.2, 0.25) is 0 Å². The number of carbonyl (C=O) groups is 1. The Morgan fingerprint density at radius 2 is 2.00 bits per heavy atom. The molecule has 0 bridgehead atoms. The van der Waals surface area contributed by atoms with Gasteiger partial charge in [-0.2, -0.15) is 0 Å². The van der Waals surface area contributed by atoms with Crippen molar-refractivity contribution in [3.05, 3.63) is 47.3 Å². The zero-order chi connectivity index (χ0) is 15.0. The van der Waals surface area contributed by atoms with Crippen molar-refractivity contribution >= 4 is 5.97 Å². The molecule has 0 saturated carbocycles. The van der Waals surface area contributed by atoms with E-state index < -0.39 is 5.97 Å². The van der Waals surface area contributed by atoms with Crippen LogP contribution >= 0.6 is 0 Å². The van der Waals surface area contributed by atoms with Crippen LogP contribution in [-0.2, 0) is 0 Å². The van der Waals surface area contributed by atoms with Gasteiger partial charge in [0.05, 0.1) is 12.2 Å². The molecule has 21 heavy (non-hydrogen) atoms. The summed E-state index contributed by atoms with van der Waals surface area (Å²) in [6, 6.07) is 9.12. The van der Waals surface area contributed by atoms with Crippen LogP contribution in [0.2, 0.25) is 0 Å². The van der Waals surface area contributed by atoms with Gasteiger partial charge in [0.25, 0.3) is 0 Å². The predicted molar refractivity (Wildman–Crippen MR) is 77.2 cm³/mol. The largest absolute Gasteiger partial charge is 0.476 e. The fourth-order valence-electron chi connectivity index (χ4n) is 2.58. The highest BCUT2D eigenvalue weighted by atomic mass is 16.4. The minimum Gasteiger partial charge on any atom is -0.476 e. The van der Waals surface area contributed by atoms with Crippen molar-refractivity contribution in [2.45, 2.75) is 25.9 Å². The number of aryl methyl sites for hydroxylation is 1. The summed E-state index contributed by atoms with van der Waals surface area (Å²) < 4.78 is 1.65. The molecule has 0 aliphatic carbocycles. The molecule has 1 fully saturated rings. The molecule has 3 rings (SSSR count). The third kappa shape index (κ3) is 2.67. The lowest BCUT2D eigenvalue weighted by Crippen LogP contribution is -2.48. The number of rotatable bonds is 4. The van der Waals surface area contributed by atoms with Crippen LogP contribution in [0.4, 0.5) is 0 Å². The Balaban J connectivity index is 1.62. The average Bonchev–Trinajstić information content (AvgIpc) is 2.87. The summed E-state index contributed by atoms with van der Waals surface area (Å²) in [5.74, 6) is -1.04. The predicted octanol–water partition coefficient (Wildman–Crippen LogP) is 1.90. The normalized spacial score (nSPS) is 17.4. The van der Waals surface area contributed by atoms with E-state index in [-0.39, 0.29) is 11.7 Å². The minimum absolute atomic E-state index is 0.0000306. The van der Waals surface area contributed by atoms with Crippen LogP contribution in [0.15, 0.2) is 30.5 Å². The van der Waals surface area contributed by atoms with Crippen molar-refractivity contribution in [3.63, 3.8) is 0 Å². The maximum Gasteiger partial charge on any atom is 0.358 e. The van der Waals surface area contributed by atoms with Crippen LogP contribution in [0.3, 0.4) is 0 Å². The lowest BCUT2D eigenvalue weighted by atomic mass is 10.00. The smallest absolute Gasteiger partial charge is 0.358 e. The molecule has 2 aromatic rings. The first-order chi connectivity index (χ1) is 10.0. The third-order valence-electron chi connectivity index (χ3n) is 4.10. The molecule has 1 atom stereocenters. The van der Waals surface area contributed by atoms with Crippen molar-refractivity contribution in [1.82, 2.24) is 19.9 Å². The van der Waals surface area contributed by atoms with E-state index in [1.54, 1.807) is 4.68 Å². The number of benzene rings is 1. The van der Waals surface area contributed by atoms with Crippen LogP contribution in [0.25, 0.3) is 0 Å². The zero-order valence-electron chi connectivity index (χ0n) is 12.1. The monoisotopic (exact) mass is 286 g/mol. The molecule has 110 valence electrons. The molecule has 1 aromatic carbocycles. The molecule has 2 heterocycles. The Labute approximate surface area is 123 Å². The first kappa shape index (κ1) is 13.8. The Kier molecular flexibility index (Phi) is 3.47. The maximum absolute atomic E-state index is 10.8. The van der Waals surface area contributed by atoms with Crippen LogP contribution in [-0.4, -0.2) is 44.1 Å². The number of aromatic carboxylic acids is 1. The second-order valence-electron chi connectivity index (χ2n) is 5.58. The summed E-state index contributed by atoms with van der Waals surface area (Å²) in [4.78, 5) is 13.1. The second kappa shape index (κ2) is 5.29. The number of hydrogen-bond donors (Lipinski definition) is 1. The molecule has 1 aliphatic rings. The highest BCUT2D eigenvalue weighted by Crippen LogP contribution is 2.30. The van der Waals surface area contributed by atoms with Gasteiger partial charge in [-0.3, -0.25) is 4.90 Å². The van der Waals surface area contributed by atoms with Crippen LogP contribution < -0.4 is 0 Å². The van der Waals surface area contributed by atoms with Crippen molar-refractivity contribution in [3.8, 4) is 0 Å². The van der Waals surface area contributed by atoms with E-state index in [0.29, 0.717) is 6.04 Å². The molecule has 1 aromatic heterocycles. The lowest BCUT2D eigenvalue weighted by molar-refractivity contribution is 0.0585. The van der Waals surface area contributed by atoms with E-state index in [0.717, 1.165) is 13.1 Å². The summed E-state index contributed by atoms with van der Waals surface area (Å²) >= 11 is 0. The summed E-state index contributed by atoms with van der Waals surface area (Å²) in [6.07, 6.45) is 1.50. The van der Waals surface area contributed by atoms with Crippen molar-refractivity contribution in [1.29, 1.82) is 0 Å². The minimum atomic E-state index is -1.04. The van der Waals surface area contributed by atoms with Gasteiger partial charge in [-0.1, -0.05) is 35.0 Å². The van der Waals surface area contributed by atoms with E-state index in [1.165, 1.54) is 17.3 Å². The van der Waals surface area contributed by atoms with E-state index in [1.807, 2.05) is 0 Å². The van der Waals surface area contributed by atoms with Gasteiger partial charge in [0.15, 0.2) is 5.69 Å². The number of likely N-dealkylation sites (tertiary alicyclic amines) is 1. The Bertz CT molecular complexity index is 644. The van der Waals surface area contributed by atoms with Gasteiger partial charge in [0.1, 0.15) is 0 Å². The highest BCUT2D eigenvalue weighted by molar-refractivity contribution is 5.84. The summed E-state index contributed by atoms with van der Waals surface area (Å²) in [7, 11) is 0. The third-order valence-corrected chi connectivity index (χ3v) is 4.10. The van der Waals surface area contributed by atoms with Gasteiger partial charge in [-0.15, -0.1) is 5.10 Å². The number of nitrogens with zero attached hydrogens (tertiary/aromatic N) is 4. The maximum atomic E-state index is 10.8. The van der Waals surface area contributed by atoms with Crippen LogP contribution in [0.1, 0.15) is 40.6 Å². The number of aromatic nitrogens is 3. The van der Waals surface area contributed by atoms with E-state index in [2.05, 4.69) is 53.3 Å². The topological polar surface area (TPSA) is 71.2 Å². The first-order valence-corrected chi connectivity index (χ1v) is 7.00. The van der Waals surface area contributed by atoms with Gasteiger partial charge in [-0.05, 0) is 19.4 Å². The Morgan fingerprint density at radius 3 is 2.57 bits per heavy atom. The molecule has 1 N–H and O–H groups in total.